The van der Waals surface area contributed by atoms with E-state index in [-0.39, 0.29) is 5.75 Å². The van der Waals surface area contributed by atoms with Gasteiger partial charge in [-0.3, -0.25) is 9.67 Å². The fourth-order valence-electron chi connectivity index (χ4n) is 6.85. The van der Waals surface area contributed by atoms with Gasteiger partial charge in [0.25, 0.3) is 0 Å². The van der Waals surface area contributed by atoms with Crippen molar-refractivity contribution in [3.05, 3.63) is 88.0 Å². The van der Waals surface area contributed by atoms with Gasteiger partial charge in [0, 0.05) is 90.5 Å². The number of phenols is 1. The van der Waals surface area contributed by atoms with Crippen LogP contribution in [0.3, 0.4) is 0 Å². The van der Waals surface area contributed by atoms with Crippen LogP contribution in [0.2, 0.25) is 5.02 Å². The molecule has 2 aromatic heterocycles. The minimum atomic E-state index is -1.04. The molecule has 49 heavy (non-hydrogen) atoms. The minimum absolute atomic E-state index is 0.272. The molecule has 0 aliphatic carbocycles. The molecule has 258 valence electrons. The zero-order valence-corrected chi connectivity index (χ0v) is 31.7. The van der Waals surface area contributed by atoms with Crippen molar-refractivity contribution in [2.24, 2.45) is 17.8 Å². The summed E-state index contributed by atoms with van der Waals surface area (Å²) in [5.74, 6) is 0.889. The number of ether oxygens (including phenoxy) is 1. The van der Waals surface area contributed by atoms with E-state index < -0.39 is 6.29 Å². The summed E-state index contributed by atoms with van der Waals surface area (Å²) in [5.41, 5.74) is 14.9. The number of aryl methyl sites for hydroxylation is 3. The van der Waals surface area contributed by atoms with Crippen LogP contribution in [0.15, 0.2) is 70.2 Å². The van der Waals surface area contributed by atoms with Crippen LogP contribution >= 0.6 is 46.0 Å². The first-order chi connectivity index (χ1) is 23.7. The van der Waals surface area contributed by atoms with E-state index in [0.29, 0.717) is 29.6 Å². The van der Waals surface area contributed by atoms with Gasteiger partial charge in [0.1, 0.15) is 5.75 Å². The van der Waals surface area contributed by atoms with Gasteiger partial charge in [0.05, 0.1) is 21.9 Å². The van der Waals surface area contributed by atoms with Gasteiger partial charge in [-0.2, -0.15) is 5.10 Å². The number of aromatic nitrogens is 3. The summed E-state index contributed by atoms with van der Waals surface area (Å²) in [4.78, 5) is 5.43. The second-order valence-corrected chi connectivity index (χ2v) is 14.7. The predicted molar refractivity (Wildman–Crippen MR) is 210 cm³/mol. The third-order valence-corrected chi connectivity index (χ3v) is 11.2. The number of alkyl halides is 1. The van der Waals surface area contributed by atoms with E-state index >= 15 is 0 Å². The summed E-state index contributed by atoms with van der Waals surface area (Å²) < 4.78 is 10.6. The second-order valence-electron chi connectivity index (χ2n) is 12.2. The largest absolute Gasteiger partial charge is 0.507 e. The molecule has 0 spiro atoms. The Hall–Kier alpha value is -3.07. The third-order valence-electron chi connectivity index (χ3n) is 9.10. The van der Waals surface area contributed by atoms with Crippen molar-refractivity contribution in [3.63, 3.8) is 0 Å². The number of rotatable bonds is 14. The molecule has 0 bridgehead atoms. The van der Waals surface area contributed by atoms with Gasteiger partial charge in [0.15, 0.2) is 6.29 Å². The summed E-state index contributed by atoms with van der Waals surface area (Å²) in [6, 6.07) is 15.7. The number of aliphatic hydroxyl groups is 1. The highest BCUT2D eigenvalue weighted by molar-refractivity contribution is 14.1. The predicted octanol–water partition coefficient (Wildman–Crippen LogP) is 7.30. The summed E-state index contributed by atoms with van der Waals surface area (Å²) >= 11 is 11.1. The topological polar surface area (TPSA) is 123 Å². The molecule has 3 heterocycles. The maximum absolute atomic E-state index is 10.9. The Morgan fingerprint density at radius 1 is 1.22 bits per heavy atom. The second kappa shape index (κ2) is 15.9. The zero-order valence-electron chi connectivity index (χ0n) is 28.0. The Morgan fingerprint density at radius 3 is 2.82 bits per heavy atom. The molecular formula is C37H42ClIN6O3S. The highest BCUT2D eigenvalue weighted by Gasteiger charge is 2.29. The van der Waals surface area contributed by atoms with Crippen LogP contribution in [0.4, 0.5) is 0 Å². The van der Waals surface area contributed by atoms with E-state index in [1.165, 1.54) is 12.8 Å². The Balaban J connectivity index is 1.23. The number of methoxy groups -OCH3 is 1. The molecule has 5 aromatic rings. The number of nitrogens with one attached hydrogen (secondary N) is 1. The Morgan fingerprint density at radius 2 is 2.04 bits per heavy atom. The van der Waals surface area contributed by atoms with Crippen molar-refractivity contribution >= 4 is 73.3 Å². The number of hydrogen-bond acceptors (Lipinski definition) is 8. The molecule has 9 nitrogen and oxygen atoms in total. The lowest BCUT2D eigenvalue weighted by Crippen LogP contribution is -2.22. The van der Waals surface area contributed by atoms with Crippen molar-refractivity contribution in [3.8, 4) is 16.9 Å². The highest BCUT2D eigenvalue weighted by Crippen LogP contribution is 2.44. The molecule has 1 aliphatic rings. The third kappa shape index (κ3) is 7.38. The maximum Gasteiger partial charge on any atom is 0.196 e. The summed E-state index contributed by atoms with van der Waals surface area (Å²) in [6.07, 6.45) is 4.64. The SMILES string of the molecule is CN=C(C=C(N)CNCc1nn2c(c1-c1c(Cl)ccc3c(CCCI)c(C(O)OC)n(C)c13)CCC2)CSc1cc(O)c2ccccc2c1. The number of aromatic hydroxyl groups is 1. The fraction of sp³-hybridized carbons (Fsp3) is 0.351. The number of nitrogens with zero attached hydrogens (tertiary/aromatic N) is 4. The van der Waals surface area contributed by atoms with Crippen LogP contribution in [0.1, 0.15) is 41.8 Å². The number of aliphatic imine (C=N–C) groups is 1. The van der Waals surface area contributed by atoms with Gasteiger partial charge in [-0.25, -0.2) is 0 Å². The summed E-state index contributed by atoms with van der Waals surface area (Å²) in [7, 11) is 5.27. The molecule has 0 saturated heterocycles. The number of benzene rings is 3. The average Bonchev–Trinajstić information content (AvgIpc) is 3.77. The van der Waals surface area contributed by atoms with Gasteiger partial charge >= 0.3 is 0 Å². The quantitative estimate of drug-likeness (QED) is 0.0305. The number of fused-ring (bicyclic) bond motifs is 3. The number of aliphatic hydroxyl groups excluding tert-OH is 1. The van der Waals surface area contributed by atoms with E-state index in [0.717, 1.165) is 97.0 Å². The van der Waals surface area contributed by atoms with E-state index in [9.17, 15) is 10.2 Å². The number of halogens is 2. The number of phenolic OH excluding ortho intramolecular Hbond substituents is 1. The van der Waals surface area contributed by atoms with Gasteiger partial charge in [-0.05, 0) is 65.3 Å². The molecule has 1 atom stereocenters. The van der Waals surface area contributed by atoms with Crippen LogP contribution < -0.4 is 11.1 Å². The monoisotopic (exact) mass is 812 g/mol. The molecule has 6 rings (SSSR count). The molecule has 3 aromatic carbocycles. The van der Waals surface area contributed by atoms with Crippen molar-refractivity contribution in [2.75, 3.05) is 30.9 Å². The number of thioether (sulfide) groups is 1. The minimum Gasteiger partial charge on any atom is -0.507 e. The molecule has 0 radical (unpaired) electrons. The van der Waals surface area contributed by atoms with Crippen molar-refractivity contribution in [1.29, 1.82) is 0 Å². The van der Waals surface area contributed by atoms with Gasteiger partial charge in [0.2, 0.25) is 0 Å². The number of nitrogens with two attached hydrogens (primary N) is 1. The summed E-state index contributed by atoms with van der Waals surface area (Å²) in [6.45, 7) is 1.82. The molecular weight excluding hydrogens is 771 g/mol. The van der Waals surface area contributed by atoms with Crippen LogP contribution in [0, 0.1) is 0 Å². The molecule has 12 heteroatoms. The zero-order chi connectivity index (χ0) is 34.7. The fourth-order valence-corrected chi connectivity index (χ4v) is 8.41. The number of hydrogen-bond donors (Lipinski definition) is 4. The summed E-state index contributed by atoms with van der Waals surface area (Å²) in [5, 5.41) is 33.5. The normalized spacial score (nSPS) is 14.3. The Kier molecular flexibility index (Phi) is 11.6. The van der Waals surface area contributed by atoms with Crippen LogP contribution in [0.25, 0.3) is 32.8 Å². The van der Waals surface area contributed by atoms with Gasteiger partial charge in [-0.1, -0.05) is 64.5 Å². The highest BCUT2D eigenvalue weighted by atomic mass is 127. The first-order valence-corrected chi connectivity index (χ1v) is 19.3. The molecule has 0 amide bonds. The standard InChI is InChI=1S/C37H42ClIN6O3S/c1-41-24(21-49-25-16-22-8-4-5-9-26(22)32(46)18-25)17-23(40)19-42-20-30-34(31-11-7-15-45(31)43-30)33-29(38)13-12-28-27(10-6-14-39)36(37(47)48-3)44(2)35(28)33/h4-5,8-9,12-13,16-18,37,42,46-47H,6-7,10-11,14-15,19-21,40H2,1-3H3. The van der Waals surface area contributed by atoms with Crippen molar-refractivity contribution in [1.82, 2.24) is 19.7 Å². The molecule has 0 saturated carbocycles. The first kappa shape index (κ1) is 35.7. The molecule has 1 aliphatic heterocycles. The number of allylic oxidation sites excluding steroid dienone is 1. The molecule has 1 unspecified atom stereocenters. The smallest absolute Gasteiger partial charge is 0.196 e. The van der Waals surface area contributed by atoms with E-state index in [1.54, 1.807) is 24.9 Å². The van der Waals surface area contributed by atoms with E-state index in [4.69, 9.17) is 27.2 Å². The van der Waals surface area contributed by atoms with Crippen molar-refractivity contribution in [2.45, 2.75) is 50.0 Å². The van der Waals surface area contributed by atoms with Crippen LogP contribution in [0.5, 0.6) is 5.75 Å². The lowest BCUT2D eigenvalue weighted by atomic mass is 9.97. The van der Waals surface area contributed by atoms with Gasteiger partial charge in [-0.15, -0.1) is 11.8 Å². The van der Waals surface area contributed by atoms with E-state index in [2.05, 4.69) is 49.7 Å². The van der Waals surface area contributed by atoms with Crippen LogP contribution in [-0.2, 0) is 37.7 Å². The molecule has 0 fully saturated rings. The first-order valence-electron chi connectivity index (χ1n) is 16.4. The van der Waals surface area contributed by atoms with E-state index in [1.807, 2.05) is 48.0 Å². The Bertz CT molecular complexity index is 2060. The average molecular weight is 813 g/mol. The van der Waals surface area contributed by atoms with Crippen LogP contribution in [-0.4, -0.2) is 61.2 Å². The van der Waals surface area contributed by atoms with Crippen molar-refractivity contribution < 1.29 is 14.9 Å². The lowest BCUT2D eigenvalue weighted by Gasteiger charge is -2.14. The lowest BCUT2D eigenvalue weighted by molar-refractivity contribution is -0.0818. The van der Waals surface area contributed by atoms with Gasteiger partial charge < -0.3 is 30.6 Å². The maximum atomic E-state index is 10.9. The Labute approximate surface area is 309 Å². The molecule has 5 N–H and O–H groups in total.